The summed E-state index contributed by atoms with van der Waals surface area (Å²) in [6.07, 6.45) is 6.55. The summed E-state index contributed by atoms with van der Waals surface area (Å²) in [5.41, 5.74) is 10.9. The van der Waals surface area contributed by atoms with Crippen LogP contribution in [0.5, 0.6) is 5.75 Å². The molecule has 0 radical (unpaired) electrons. The van der Waals surface area contributed by atoms with Crippen LogP contribution in [0.1, 0.15) is 116 Å². The van der Waals surface area contributed by atoms with Crippen LogP contribution in [0.3, 0.4) is 0 Å². The molecule has 4 aliphatic rings. The Morgan fingerprint density at radius 1 is 0.678 bits per heavy atom. The molecule has 2 aromatic heterocycles. The second kappa shape index (κ2) is 17.6. The molecule has 0 spiro atoms. The summed E-state index contributed by atoms with van der Waals surface area (Å²) >= 11 is 0. The summed E-state index contributed by atoms with van der Waals surface area (Å²) in [5.74, 6) is 2.71. The third kappa shape index (κ3) is 8.69. The van der Waals surface area contributed by atoms with E-state index in [0.29, 0.717) is 18.0 Å². The second-order valence-electron chi connectivity index (χ2n) is 18.5. The summed E-state index contributed by atoms with van der Waals surface area (Å²) in [4.78, 5) is 39.0. The van der Waals surface area contributed by atoms with Crippen LogP contribution in [-0.4, -0.2) is 99.4 Å². The fourth-order valence-corrected chi connectivity index (χ4v) is 9.74. The number of carbonyl (C=O) groups excluding carboxylic acids is 2. The molecule has 2 fully saturated rings. The fourth-order valence-electron chi connectivity index (χ4n) is 9.74. The van der Waals surface area contributed by atoms with Crippen LogP contribution >= 0.6 is 0 Å². The predicted octanol–water partition coefficient (Wildman–Crippen LogP) is 9.14. The third-order valence-electron chi connectivity index (χ3n) is 13.9. The average Bonchev–Trinajstić information content (AvgIpc) is 3.77. The van der Waals surface area contributed by atoms with Gasteiger partial charge in [0.1, 0.15) is 5.75 Å². The Morgan fingerprint density at radius 3 is 1.80 bits per heavy atom. The Morgan fingerprint density at radius 2 is 1.22 bits per heavy atom. The molecule has 2 saturated heterocycles. The van der Waals surface area contributed by atoms with E-state index in [-0.39, 0.29) is 11.8 Å². The minimum absolute atomic E-state index is 0.182. The number of nitrogens with one attached hydrogen (secondary N) is 1. The maximum atomic E-state index is 13.3. The molecule has 3 aromatic carbocycles. The molecule has 4 aliphatic heterocycles. The smallest absolute Gasteiger partial charge is 0.253 e. The van der Waals surface area contributed by atoms with E-state index in [1.165, 1.54) is 49.9 Å². The van der Waals surface area contributed by atoms with E-state index in [4.69, 9.17) is 4.74 Å². The van der Waals surface area contributed by atoms with Gasteiger partial charge in [-0.15, -0.1) is 0 Å². The van der Waals surface area contributed by atoms with Crippen molar-refractivity contribution in [2.45, 2.75) is 112 Å². The molecule has 9 heteroatoms. The zero-order chi connectivity index (χ0) is 41.4. The number of benzene rings is 3. The molecule has 9 rings (SSSR count). The number of likely N-dealkylation sites (tertiary alicyclic amines) is 2. The van der Waals surface area contributed by atoms with Crippen molar-refractivity contribution in [1.82, 2.24) is 29.2 Å². The number of amides is 2. The molecular formula is C50H66N6O3. The number of hydrogen-bond donors (Lipinski definition) is 1. The van der Waals surface area contributed by atoms with Crippen LogP contribution < -0.4 is 4.74 Å². The highest BCUT2D eigenvalue weighted by Gasteiger charge is 2.29. The Hall–Kier alpha value is -4.60. The van der Waals surface area contributed by atoms with Gasteiger partial charge in [0.2, 0.25) is 0 Å². The van der Waals surface area contributed by atoms with Gasteiger partial charge in [0, 0.05) is 128 Å². The highest BCUT2D eigenvalue weighted by atomic mass is 16.5. The molecule has 9 nitrogen and oxygen atoms in total. The molecule has 0 unspecified atom stereocenters. The number of nitrogens with zero attached hydrogens (tertiary/aromatic N) is 5. The fraction of sp³-hybridized carbons (Fsp3) is 0.520. The number of piperidine rings is 2. The molecular weight excluding hydrogens is 733 g/mol. The van der Waals surface area contributed by atoms with E-state index >= 15 is 0 Å². The van der Waals surface area contributed by atoms with E-state index in [1.807, 2.05) is 34.1 Å². The van der Waals surface area contributed by atoms with Gasteiger partial charge in [0.05, 0.1) is 7.11 Å². The van der Waals surface area contributed by atoms with Gasteiger partial charge in [-0.05, 0) is 130 Å². The summed E-state index contributed by atoms with van der Waals surface area (Å²) in [6, 6.07) is 22.0. The number of aromatic amines is 1. The zero-order valence-electron chi connectivity index (χ0n) is 36.7. The first kappa shape index (κ1) is 41.1. The lowest BCUT2D eigenvalue weighted by Gasteiger charge is -2.31. The molecule has 314 valence electrons. The Labute approximate surface area is 351 Å². The minimum Gasteiger partial charge on any atom is -0.497 e. The maximum absolute atomic E-state index is 13.3. The van der Waals surface area contributed by atoms with Crippen LogP contribution in [0.15, 0.2) is 60.7 Å². The van der Waals surface area contributed by atoms with Crippen molar-refractivity contribution in [3.05, 3.63) is 99.9 Å². The quantitative estimate of drug-likeness (QED) is 0.178. The lowest BCUT2D eigenvalue weighted by atomic mass is 9.98. The monoisotopic (exact) mass is 799 g/mol. The van der Waals surface area contributed by atoms with E-state index in [1.54, 1.807) is 7.11 Å². The van der Waals surface area contributed by atoms with Gasteiger partial charge < -0.3 is 24.1 Å². The van der Waals surface area contributed by atoms with E-state index in [2.05, 4.69) is 97.3 Å². The normalized spacial score (nSPS) is 18.3. The van der Waals surface area contributed by atoms with Crippen molar-refractivity contribution < 1.29 is 14.3 Å². The van der Waals surface area contributed by atoms with Crippen LogP contribution in [0.2, 0.25) is 0 Å². The third-order valence-corrected chi connectivity index (χ3v) is 13.9. The molecule has 59 heavy (non-hydrogen) atoms. The number of ether oxygens (including phenoxy) is 1. The summed E-state index contributed by atoms with van der Waals surface area (Å²) in [7, 11) is 1.70. The van der Waals surface area contributed by atoms with Gasteiger partial charge in [0.15, 0.2) is 0 Å². The Bertz CT molecular complexity index is 2270. The first-order valence-electron chi connectivity index (χ1n) is 22.4. The highest BCUT2D eigenvalue weighted by molar-refractivity contribution is 6.00. The number of rotatable bonds is 7. The SMILES string of the molecule is CC1CCN(C(=O)c2ccc3[nH]c4c(c3c2)CN(C(C)C)CC4)CC1.COc1ccc(Cn2c3c(c4cc(C(=O)N5CCC(C)CC5)ccc42)CN(C(C)C)CC3)cc1. The van der Waals surface area contributed by atoms with Crippen LogP contribution in [0.25, 0.3) is 21.8 Å². The summed E-state index contributed by atoms with van der Waals surface area (Å²) in [6.45, 7) is 22.1. The van der Waals surface area contributed by atoms with Crippen LogP contribution in [-0.2, 0) is 32.5 Å². The van der Waals surface area contributed by atoms with Crippen molar-refractivity contribution in [3.63, 3.8) is 0 Å². The van der Waals surface area contributed by atoms with Crippen LogP contribution in [0, 0.1) is 11.8 Å². The number of hydrogen-bond acceptors (Lipinski definition) is 5. The van der Waals surface area contributed by atoms with Crippen molar-refractivity contribution in [2.75, 3.05) is 46.4 Å². The average molecular weight is 799 g/mol. The van der Waals surface area contributed by atoms with Gasteiger partial charge in [-0.1, -0.05) is 26.0 Å². The van der Waals surface area contributed by atoms with Crippen molar-refractivity contribution in [3.8, 4) is 5.75 Å². The van der Waals surface area contributed by atoms with Crippen molar-refractivity contribution >= 4 is 33.6 Å². The molecule has 5 aromatic rings. The van der Waals surface area contributed by atoms with Gasteiger partial charge >= 0.3 is 0 Å². The second-order valence-corrected chi connectivity index (χ2v) is 18.5. The Kier molecular flexibility index (Phi) is 12.2. The lowest BCUT2D eigenvalue weighted by molar-refractivity contribution is 0.0689. The largest absolute Gasteiger partial charge is 0.497 e. The maximum Gasteiger partial charge on any atom is 0.253 e. The van der Waals surface area contributed by atoms with Crippen LogP contribution in [0.4, 0.5) is 0 Å². The number of carbonyl (C=O) groups is 2. The minimum atomic E-state index is 0.182. The predicted molar refractivity (Wildman–Crippen MR) is 239 cm³/mol. The number of H-pyrrole nitrogens is 1. The van der Waals surface area contributed by atoms with Gasteiger partial charge in [-0.25, -0.2) is 0 Å². The van der Waals surface area contributed by atoms with Crippen molar-refractivity contribution in [2.24, 2.45) is 11.8 Å². The van der Waals surface area contributed by atoms with E-state index in [0.717, 1.165) is 120 Å². The number of methoxy groups -OCH3 is 1. The van der Waals surface area contributed by atoms with Gasteiger partial charge in [-0.2, -0.15) is 0 Å². The zero-order valence-corrected chi connectivity index (χ0v) is 36.7. The molecule has 0 bridgehead atoms. The van der Waals surface area contributed by atoms with Gasteiger partial charge in [-0.3, -0.25) is 19.4 Å². The van der Waals surface area contributed by atoms with E-state index in [9.17, 15) is 9.59 Å². The number of fused-ring (bicyclic) bond motifs is 6. The summed E-state index contributed by atoms with van der Waals surface area (Å²) < 4.78 is 7.82. The Balaban J connectivity index is 0.000000172. The molecule has 0 aliphatic carbocycles. The lowest BCUT2D eigenvalue weighted by Crippen LogP contribution is -2.37. The molecule has 1 N–H and O–H groups in total. The summed E-state index contributed by atoms with van der Waals surface area (Å²) in [5, 5.41) is 2.47. The molecule has 0 atom stereocenters. The molecule has 2 amide bonds. The topological polar surface area (TPSA) is 77.0 Å². The molecule has 0 saturated carbocycles. The first-order valence-corrected chi connectivity index (χ1v) is 22.4. The number of aromatic nitrogens is 2. The van der Waals surface area contributed by atoms with E-state index < -0.39 is 0 Å². The molecule has 6 heterocycles. The van der Waals surface area contributed by atoms with Gasteiger partial charge in [0.25, 0.3) is 11.8 Å². The highest BCUT2D eigenvalue weighted by Crippen LogP contribution is 2.34. The van der Waals surface area contributed by atoms with Crippen molar-refractivity contribution in [1.29, 1.82) is 0 Å². The standard InChI is InChI=1S/C29H37N3O2.C21H29N3O/c1-20(2)31-16-13-28-26(19-31)25-17-23(29(33)30-14-11-21(3)12-15-30)7-10-27(25)32(28)18-22-5-8-24(34-4)9-6-22;1-14(2)24-11-8-20-18(13-24)17-12-16(4-5-19(17)22-20)21(25)23-9-6-15(3)7-10-23/h5-10,17,20-21H,11-16,18-19H2,1-4H3;4-5,12,14-15,22H,6-11,13H2,1-3H3. The first-order chi connectivity index (χ1) is 28.5.